The summed E-state index contributed by atoms with van der Waals surface area (Å²) in [4.78, 5) is 4.87. The minimum atomic E-state index is 0.956. The Balaban J connectivity index is 2.18. The molecular weight excluding hydrogens is 186 g/mol. The molecule has 0 bridgehead atoms. The first-order valence-electron chi connectivity index (χ1n) is 5.74. The fourth-order valence-corrected chi connectivity index (χ4v) is 1.84. The molecule has 0 aliphatic carbocycles. The van der Waals surface area contributed by atoms with Crippen LogP contribution >= 0.6 is 0 Å². The Morgan fingerprint density at radius 2 is 1.73 bits per heavy atom. The van der Waals surface area contributed by atoms with E-state index >= 15 is 0 Å². The predicted molar refractivity (Wildman–Crippen MR) is 66.1 cm³/mol. The monoisotopic (exact) mass is 209 g/mol. The van der Waals surface area contributed by atoms with Crippen LogP contribution in [-0.2, 0) is 0 Å². The molecule has 0 spiro atoms. The van der Waals surface area contributed by atoms with Crippen molar-refractivity contribution in [3.05, 3.63) is 25.3 Å². The number of rotatable bonds is 7. The van der Waals surface area contributed by atoms with Gasteiger partial charge in [-0.15, -0.1) is 13.2 Å². The van der Waals surface area contributed by atoms with Gasteiger partial charge in [0, 0.05) is 52.4 Å². The van der Waals surface area contributed by atoms with Gasteiger partial charge in [-0.1, -0.05) is 12.2 Å². The highest BCUT2D eigenvalue weighted by atomic mass is 15.2. The largest absolute Gasteiger partial charge is 0.314 e. The van der Waals surface area contributed by atoms with Crippen molar-refractivity contribution in [2.45, 2.75) is 0 Å². The van der Waals surface area contributed by atoms with Crippen molar-refractivity contribution in [2.75, 3.05) is 52.4 Å². The van der Waals surface area contributed by atoms with Crippen molar-refractivity contribution in [1.29, 1.82) is 0 Å². The number of hydrogen-bond acceptors (Lipinski definition) is 3. The van der Waals surface area contributed by atoms with Crippen LogP contribution in [0.1, 0.15) is 0 Å². The Morgan fingerprint density at radius 3 is 2.27 bits per heavy atom. The second-order valence-electron chi connectivity index (χ2n) is 3.93. The smallest absolute Gasteiger partial charge is 0.0164 e. The molecule has 1 N–H and O–H groups in total. The van der Waals surface area contributed by atoms with E-state index in [9.17, 15) is 0 Å². The Bertz CT molecular complexity index is 175. The molecule has 0 aromatic heterocycles. The topological polar surface area (TPSA) is 18.5 Å². The van der Waals surface area contributed by atoms with Crippen LogP contribution in [0, 0.1) is 0 Å². The zero-order valence-electron chi connectivity index (χ0n) is 9.62. The third kappa shape index (κ3) is 5.11. The minimum absolute atomic E-state index is 0.956. The fourth-order valence-electron chi connectivity index (χ4n) is 1.84. The summed E-state index contributed by atoms with van der Waals surface area (Å²) >= 11 is 0. The first kappa shape index (κ1) is 12.4. The van der Waals surface area contributed by atoms with Crippen molar-refractivity contribution in [3.8, 4) is 0 Å². The van der Waals surface area contributed by atoms with Crippen molar-refractivity contribution < 1.29 is 0 Å². The molecule has 0 unspecified atom stereocenters. The van der Waals surface area contributed by atoms with E-state index in [1.165, 1.54) is 13.1 Å². The van der Waals surface area contributed by atoms with Gasteiger partial charge in [0.1, 0.15) is 0 Å². The summed E-state index contributed by atoms with van der Waals surface area (Å²) < 4.78 is 0. The van der Waals surface area contributed by atoms with Crippen LogP contribution in [0.5, 0.6) is 0 Å². The molecule has 0 amide bonds. The molecule has 0 aromatic carbocycles. The maximum absolute atomic E-state index is 3.78. The van der Waals surface area contributed by atoms with E-state index in [4.69, 9.17) is 0 Å². The van der Waals surface area contributed by atoms with Crippen LogP contribution in [0.3, 0.4) is 0 Å². The van der Waals surface area contributed by atoms with Gasteiger partial charge in [-0.05, 0) is 0 Å². The van der Waals surface area contributed by atoms with E-state index in [1.807, 2.05) is 12.2 Å². The van der Waals surface area contributed by atoms with Crippen molar-refractivity contribution >= 4 is 0 Å². The van der Waals surface area contributed by atoms with Gasteiger partial charge in [0.25, 0.3) is 0 Å². The maximum atomic E-state index is 3.78. The van der Waals surface area contributed by atoms with Gasteiger partial charge in [0.15, 0.2) is 0 Å². The molecule has 1 aliphatic heterocycles. The quantitative estimate of drug-likeness (QED) is 0.618. The molecule has 0 radical (unpaired) electrons. The molecule has 1 aliphatic rings. The van der Waals surface area contributed by atoms with Gasteiger partial charge in [0.05, 0.1) is 0 Å². The molecule has 3 heteroatoms. The summed E-state index contributed by atoms with van der Waals surface area (Å²) in [6.07, 6.45) is 3.92. The summed E-state index contributed by atoms with van der Waals surface area (Å²) in [6.45, 7) is 16.3. The summed E-state index contributed by atoms with van der Waals surface area (Å²) in [7, 11) is 0. The molecule has 15 heavy (non-hydrogen) atoms. The molecule has 1 rings (SSSR count). The second kappa shape index (κ2) is 7.63. The summed E-state index contributed by atoms with van der Waals surface area (Å²) in [6, 6.07) is 0. The predicted octanol–water partition coefficient (Wildman–Crippen LogP) is 0.566. The second-order valence-corrected chi connectivity index (χ2v) is 3.93. The van der Waals surface area contributed by atoms with Crippen LogP contribution in [0.25, 0.3) is 0 Å². The first-order chi connectivity index (χ1) is 7.36. The van der Waals surface area contributed by atoms with Gasteiger partial charge in [-0.2, -0.15) is 0 Å². The van der Waals surface area contributed by atoms with Crippen molar-refractivity contribution in [2.24, 2.45) is 0 Å². The Morgan fingerprint density at radius 1 is 1.13 bits per heavy atom. The summed E-state index contributed by atoms with van der Waals surface area (Å²) in [5, 5.41) is 3.37. The van der Waals surface area contributed by atoms with Crippen molar-refractivity contribution in [3.63, 3.8) is 0 Å². The maximum Gasteiger partial charge on any atom is 0.0164 e. The van der Waals surface area contributed by atoms with Gasteiger partial charge in [0.2, 0.25) is 0 Å². The van der Waals surface area contributed by atoms with E-state index in [0.29, 0.717) is 0 Å². The summed E-state index contributed by atoms with van der Waals surface area (Å²) in [5.41, 5.74) is 0. The van der Waals surface area contributed by atoms with E-state index in [0.717, 1.165) is 39.3 Å². The molecule has 3 nitrogen and oxygen atoms in total. The average Bonchev–Trinajstić information content (AvgIpc) is 2.28. The highest BCUT2D eigenvalue weighted by molar-refractivity contribution is 4.80. The van der Waals surface area contributed by atoms with Gasteiger partial charge >= 0.3 is 0 Å². The van der Waals surface area contributed by atoms with Crippen LogP contribution in [-0.4, -0.2) is 62.2 Å². The average molecular weight is 209 g/mol. The van der Waals surface area contributed by atoms with Crippen LogP contribution in [0.4, 0.5) is 0 Å². The number of hydrogen-bond donors (Lipinski definition) is 1. The Kier molecular flexibility index (Phi) is 6.32. The molecule has 0 saturated carbocycles. The van der Waals surface area contributed by atoms with E-state index in [-0.39, 0.29) is 0 Å². The van der Waals surface area contributed by atoms with Crippen molar-refractivity contribution in [1.82, 2.24) is 15.1 Å². The molecule has 0 atom stereocenters. The number of nitrogens with zero attached hydrogens (tertiary/aromatic N) is 2. The lowest BCUT2D eigenvalue weighted by molar-refractivity contribution is 0.204. The highest BCUT2D eigenvalue weighted by Crippen LogP contribution is 1.95. The van der Waals surface area contributed by atoms with Gasteiger partial charge < -0.3 is 5.32 Å². The lowest BCUT2D eigenvalue weighted by atomic mass is 10.3. The zero-order chi connectivity index (χ0) is 10.9. The highest BCUT2D eigenvalue weighted by Gasteiger charge is 2.10. The normalized spacial score (nSPS) is 17.9. The standard InChI is InChI=1S/C12H23N3/c1-3-7-14(8-4-2)11-12-15-9-5-13-6-10-15/h3-4,13H,1-2,5-12H2. The zero-order valence-corrected chi connectivity index (χ0v) is 9.62. The minimum Gasteiger partial charge on any atom is -0.314 e. The SMILES string of the molecule is C=CCN(CC=C)CCN1CCNCC1. The number of nitrogens with one attached hydrogen (secondary N) is 1. The first-order valence-corrected chi connectivity index (χ1v) is 5.74. The van der Waals surface area contributed by atoms with Crippen LogP contribution < -0.4 is 5.32 Å². The van der Waals surface area contributed by atoms with Crippen LogP contribution in [0.2, 0.25) is 0 Å². The molecule has 1 fully saturated rings. The van der Waals surface area contributed by atoms with Gasteiger partial charge in [-0.3, -0.25) is 9.80 Å². The molecular formula is C12H23N3. The van der Waals surface area contributed by atoms with E-state index < -0.39 is 0 Å². The lowest BCUT2D eigenvalue weighted by Gasteiger charge is -2.29. The molecule has 1 heterocycles. The Hall–Kier alpha value is -0.640. The van der Waals surface area contributed by atoms with Crippen LogP contribution in [0.15, 0.2) is 25.3 Å². The lowest BCUT2D eigenvalue weighted by Crippen LogP contribution is -2.46. The summed E-state index contributed by atoms with van der Waals surface area (Å²) in [5.74, 6) is 0. The fraction of sp³-hybridized carbons (Fsp3) is 0.667. The van der Waals surface area contributed by atoms with Gasteiger partial charge in [-0.25, -0.2) is 0 Å². The molecule has 1 saturated heterocycles. The van der Waals surface area contributed by atoms with E-state index in [2.05, 4.69) is 28.3 Å². The van der Waals surface area contributed by atoms with E-state index in [1.54, 1.807) is 0 Å². The molecule has 86 valence electrons. The molecule has 0 aromatic rings. The number of piperazine rings is 1. The third-order valence-electron chi connectivity index (χ3n) is 2.72. The third-order valence-corrected chi connectivity index (χ3v) is 2.72. The Labute approximate surface area is 93.4 Å².